The van der Waals surface area contributed by atoms with Gasteiger partial charge in [0.1, 0.15) is 0 Å². The van der Waals surface area contributed by atoms with E-state index in [1.165, 1.54) is 5.56 Å². The molecule has 0 heterocycles. The monoisotopic (exact) mass is 197 g/mol. The van der Waals surface area contributed by atoms with Crippen LogP contribution >= 0.6 is 0 Å². The molecule has 0 spiro atoms. The first-order valence-electron chi connectivity index (χ1n) is 5.16. The number of hydrogen-bond donors (Lipinski definition) is 0. The fourth-order valence-corrected chi connectivity index (χ4v) is 1.76. The first-order valence-corrected chi connectivity index (χ1v) is 5.16. The van der Waals surface area contributed by atoms with Crippen molar-refractivity contribution in [1.29, 1.82) is 0 Å². The van der Waals surface area contributed by atoms with E-state index in [9.17, 15) is 5.11 Å². The van der Waals surface area contributed by atoms with Crippen molar-refractivity contribution in [3.63, 3.8) is 0 Å². The van der Waals surface area contributed by atoms with Crippen molar-refractivity contribution >= 4 is 0 Å². The molecule has 0 unspecified atom stereocenters. The molecule has 0 N–H and O–H groups in total. The van der Waals surface area contributed by atoms with Crippen LogP contribution in [0.15, 0.2) is 48.5 Å². The molecule has 0 aliphatic carbocycles. The Morgan fingerprint density at radius 1 is 1.00 bits per heavy atom. The number of aryl methyl sites for hydroxylation is 1. The summed E-state index contributed by atoms with van der Waals surface area (Å²) in [6, 6.07) is 15.4. The Kier molecular flexibility index (Phi) is 2.72. The van der Waals surface area contributed by atoms with E-state index in [0.717, 1.165) is 17.5 Å². The van der Waals surface area contributed by atoms with Crippen molar-refractivity contribution in [2.45, 2.75) is 13.3 Å². The van der Waals surface area contributed by atoms with Gasteiger partial charge in [0.05, 0.1) is 0 Å². The number of rotatable bonds is 2. The SMILES string of the molecule is CCc1cc([O])ccc1-c1ccccc1. The summed E-state index contributed by atoms with van der Waals surface area (Å²) in [5, 5.41) is 11.2. The second-order valence-corrected chi connectivity index (χ2v) is 3.54. The molecule has 1 nitrogen and oxygen atoms in total. The van der Waals surface area contributed by atoms with Gasteiger partial charge in [0.25, 0.3) is 0 Å². The smallest absolute Gasteiger partial charge is 0.178 e. The number of hydrogen-bond acceptors (Lipinski definition) is 0. The Labute approximate surface area is 90.0 Å². The average molecular weight is 197 g/mol. The van der Waals surface area contributed by atoms with E-state index in [0.29, 0.717) is 0 Å². The summed E-state index contributed by atoms with van der Waals surface area (Å²) >= 11 is 0. The molecule has 0 atom stereocenters. The van der Waals surface area contributed by atoms with Gasteiger partial charge in [0, 0.05) is 0 Å². The summed E-state index contributed by atoms with van der Waals surface area (Å²) in [4.78, 5) is 0. The maximum atomic E-state index is 11.2. The van der Waals surface area contributed by atoms with E-state index in [2.05, 4.69) is 19.1 Å². The molecule has 0 aromatic heterocycles. The molecular formula is C14H13O. The highest BCUT2D eigenvalue weighted by Gasteiger charge is 2.04. The molecule has 0 amide bonds. The van der Waals surface area contributed by atoms with E-state index in [-0.39, 0.29) is 5.75 Å². The van der Waals surface area contributed by atoms with Crippen molar-refractivity contribution in [3.8, 4) is 16.9 Å². The predicted molar refractivity (Wildman–Crippen MR) is 61.4 cm³/mol. The Bertz CT molecular complexity index is 446. The van der Waals surface area contributed by atoms with Crippen LogP contribution in [0.5, 0.6) is 5.75 Å². The van der Waals surface area contributed by atoms with Crippen LogP contribution in [0.4, 0.5) is 0 Å². The van der Waals surface area contributed by atoms with Gasteiger partial charge in [-0.25, -0.2) is 0 Å². The third-order valence-corrected chi connectivity index (χ3v) is 2.54. The lowest BCUT2D eigenvalue weighted by Gasteiger charge is -2.07. The summed E-state index contributed by atoms with van der Waals surface area (Å²) in [7, 11) is 0. The lowest BCUT2D eigenvalue weighted by molar-refractivity contribution is 0.354. The molecule has 15 heavy (non-hydrogen) atoms. The van der Waals surface area contributed by atoms with E-state index >= 15 is 0 Å². The second kappa shape index (κ2) is 4.18. The highest BCUT2D eigenvalue weighted by atomic mass is 16.3. The Morgan fingerprint density at radius 3 is 2.40 bits per heavy atom. The molecule has 0 aliphatic rings. The second-order valence-electron chi connectivity index (χ2n) is 3.54. The van der Waals surface area contributed by atoms with E-state index in [4.69, 9.17) is 0 Å². The minimum absolute atomic E-state index is 0.0894. The zero-order valence-electron chi connectivity index (χ0n) is 8.73. The first kappa shape index (κ1) is 9.78. The maximum Gasteiger partial charge on any atom is 0.178 e. The molecule has 2 aromatic rings. The quantitative estimate of drug-likeness (QED) is 0.692. The van der Waals surface area contributed by atoms with Gasteiger partial charge in [-0.2, -0.15) is 0 Å². The highest BCUT2D eigenvalue weighted by molar-refractivity contribution is 5.68. The van der Waals surface area contributed by atoms with E-state index < -0.39 is 0 Å². The normalized spacial score (nSPS) is 10.2. The fourth-order valence-electron chi connectivity index (χ4n) is 1.76. The molecule has 1 heteroatoms. The Morgan fingerprint density at radius 2 is 1.73 bits per heavy atom. The van der Waals surface area contributed by atoms with Crippen LogP contribution in [0.2, 0.25) is 0 Å². The molecule has 2 aromatic carbocycles. The first-order chi connectivity index (χ1) is 7.31. The van der Waals surface area contributed by atoms with Gasteiger partial charge in [0.15, 0.2) is 5.75 Å². The van der Waals surface area contributed by atoms with Crippen LogP contribution in [0.1, 0.15) is 12.5 Å². The standard InChI is InChI=1S/C14H13O/c1-2-11-10-13(15)8-9-14(11)12-6-4-3-5-7-12/h3-10H,2H2,1H3. The largest absolute Gasteiger partial charge is 0.290 e. The van der Waals surface area contributed by atoms with Crippen molar-refractivity contribution in [3.05, 3.63) is 54.1 Å². The van der Waals surface area contributed by atoms with Crippen molar-refractivity contribution in [2.24, 2.45) is 0 Å². The van der Waals surface area contributed by atoms with E-state index in [1.807, 2.05) is 24.3 Å². The Balaban J connectivity index is 2.53. The zero-order chi connectivity index (χ0) is 10.7. The van der Waals surface area contributed by atoms with Crippen molar-refractivity contribution < 1.29 is 5.11 Å². The fraction of sp³-hybridized carbons (Fsp3) is 0.143. The molecule has 1 radical (unpaired) electrons. The van der Waals surface area contributed by atoms with E-state index in [1.54, 1.807) is 12.1 Å². The topological polar surface area (TPSA) is 19.9 Å². The van der Waals surface area contributed by atoms with Gasteiger partial charge in [-0.3, -0.25) is 5.11 Å². The van der Waals surface area contributed by atoms with Gasteiger partial charge in [-0.05, 0) is 35.2 Å². The summed E-state index contributed by atoms with van der Waals surface area (Å²) in [6.45, 7) is 2.07. The van der Waals surface area contributed by atoms with Gasteiger partial charge >= 0.3 is 0 Å². The van der Waals surface area contributed by atoms with Crippen LogP contribution in [0.3, 0.4) is 0 Å². The van der Waals surface area contributed by atoms with Crippen molar-refractivity contribution in [1.82, 2.24) is 0 Å². The Hall–Kier alpha value is -1.76. The molecule has 0 aliphatic heterocycles. The molecule has 0 bridgehead atoms. The molecule has 2 rings (SSSR count). The van der Waals surface area contributed by atoms with Gasteiger partial charge < -0.3 is 0 Å². The summed E-state index contributed by atoms with van der Waals surface area (Å²) in [6.07, 6.45) is 0.889. The lowest BCUT2D eigenvalue weighted by atomic mass is 9.98. The molecule has 0 saturated heterocycles. The third-order valence-electron chi connectivity index (χ3n) is 2.54. The highest BCUT2D eigenvalue weighted by Crippen LogP contribution is 2.27. The van der Waals surface area contributed by atoms with Crippen LogP contribution in [0.25, 0.3) is 11.1 Å². The van der Waals surface area contributed by atoms with Crippen LogP contribution in [-0.4, -0.2) is 0 Å². The van der Waals surface area contributed by atoms with Gasteiger partial charge in [-0.1, -0.05) is 43.3 Å². The summed E-state index contributed by atoms with van der Waals surface area (Å²) < 4.78 is 0. The number of benzene rings is 2. The summed E-state index contributed by atoms with van der Waals surface area (Å²) in [5.74, 6) is 0.0894. The van der Waals surface area contributed by atoms with Gasteiger partial charge in [-0.15, -0.1) is 0 Å². The lowest BCUT2D eigenvalue weighted by Crippen LogP contribution is -1.86. The van der Waals surface area contributed by atoms with Crippen LogP contribution in [0, 0.1) is 0 Å². The minimum atomic E-state index is 0.0894. The minimum Gasteiger partial charge on any atom is -0.290 e. The van der Waals surface area contributed by atoms with Crippen molar-refractivity contribution in [2.75, 3.05) is 0 Å². The van der Waals surface area contributed by atoms with Gasteiger partial charge in [0.2, 0.25) is 0 Å². The average Bonchev–Trinajstić information content (AvgIpc) is 2.30. The molecule has 0 fully saturated rings. The zero-order valence-corrected chi connectivity index (χ0v) is 8.73. The molecule has 0 saturated carbocycles. The molecule has 75 valence electrons. The predicted octanol–water partition coefficient (Wildman–Crippen LogP) is 4.06. The van der Waals surface area contributed by atoms with Crippen LogP contribution < -0.4 is 0 Å². The van der Waals surface area contributed by atoms with Crippen LogP contribution in [-0.2, 0) is 11.5 Å². The summed E-state index contributed by atoms with van der Waals surface area (Å²) in [5.41, 5.74) is 3.46. The maximum absolute atomic E-state index is 11.2. The molecular weight excluding hydrogens is 184 g/mol. The third kappa shape index (κ3) is 2.01.